The summed E-state index contributed by atoms with van der Waals surface area (Å²) in [4.78, 5) is 6.19. The second-order valence-corrected chi connectivity index (χ2v) is 11.0. The lowest BCUT2D eigenvalue weighted by Crippen LogP contribution is -2.43. The van der Waals surface area contributed by atoms with Crippen LogP contribution in [-0.4, -0.2) is 74.1 Å². The minimum absolute atomic E-state index is 0.354. The summed E-state index contributed by atoms with van der Waals surface area (Å²) in [7, 11) is 6.76. The number of hydrogen-bond acceptors (Lipinski definition) is 5. The van der Waals surface area contributed by atoms with Crippen LogP contribution in [0, 0.1) is 0 Å². The van der Waals surface area contributed by atoms with Gasteiger partial charge in [-0.3, -0.25) is 0 Å². The van der Waals surface area contributed by atoms with Gasteiger partial charge in [0.1, 0.15) is 0 Å². The van der Waals surface area contributed by atoms with Crippen molar-refractivity contribution in [1.82, 2.24) is 4.90 Å². The SMILES string of the molecule is CN(CCC[N+](C)(C)CCS)c1ccc(/C=C/C23OCCN2C2=C(C=CCC2)S3)cc1. The van der Waals surface area contributed by atoms with Crippen LogP contribution >= 0.6 is 24.4 Å². The molecular weight excluding hydrogens is 422 g/mol. The molecule has 1 aromatic rings. The van der Waals surface area contributed by atoms with Gasteiger partial charge in [-0.25, -0.2) is 0 Å². The molecule has 1 aliphatic carbocycles. The highest BCUT2D eigenvalue weighted by molar-refractivity contribution is 8.04. The quantitative estimate of drug-likeness (QED) is 0.421. The molecule has 1 fully saturated rings. The summed E-state index contributed by atoms with van der Waals surface area (Å²) in [6, 6.07) is 8.89. The van der Waals surface area contributed by atoms with Crippen molar-refractivity contribution < 1.29 is 9.22 Å². The Morgan fingerprint density at radius 3 is 2.84 bits per heavy atom. The predicted octanol–water partition coefficient (Wildman–Crippen LogP) is 4.83. The van der Waals surface area contributed by atoms with Crippen molar-refractivity contribution in [2.45, 2.75) is 24.3 Å². The number of quaternary nitrogens is 1. The Morgan fingerprint density at radius 2 is 2.06 bits per heavy atom. The van der Waals surface area contributed by atoms with Crippen LogP contribution in [0.3, 0.4) is 0 Å². The first-order valence-corrected chi connectivity index (χ1v) is 12.8. The van der Waals surface area contributed by atoms with Gasteiger partial charge >= 0.3 is 0 Å². The number of fused-ring (bicyclic) bond motifs is 2. The molecule has 1 saturated heterocycles. The third kappa shape index (κ3) is 5.19. The molecule has 1 aromatic carbocycles. The summed E-state index contributed by atoms with van der Waals surface area (Å²) in [6.07, 6.45) is 12.5. The number of thiol groups is 1. The molecule has 0 saturated carbocycles. The number of nitrogens with zero attached hydrogens (tertiary/aromatic N) is 3. The van der Waals surface area contributed by atoms with Gasteiger partial charge in [0.15, 0.2) is 0 Å². The highest BCUT2D eigenvalue weighted by atomic mass is 32.2. The van der Waals surface area contributed by atoms with E-state index in [1.165, 1.54) is 34.8 Å². The van der Waals surface area contributed by atoms with Crippen LogP contribution in [0.15, 0.2) is 53.1 Å². The monoisotopic (exact) mass is 458 g/mol. The molecule has 0 bridgehead atoms. The van der Waals surface area contributed by atoms with Crippen molar-refractivity contribution >= 4 is 36.2 Å². The minimum atomic E-state index is -0.354. The van der Waals surface area contributed by atoms with Gasteiger partial charge in [0.2, 0.25) is 5.06 Å². The number of allylic oxidation sites excluding steroid dienone is 3. The maximum atomic E-state index is 6.24. The Labute approximate surface area is 197 Å². The van der Waals surface area contributed by atoms with Crippen molar-refractivity contribution in [3.8, 4) is 0 Å². The molecule has 1 unspecified atom stereocenters. The lowest BCUT2D eigenvalue weighted by Gasteiger charge is -2.30. The molecule has 2 heterocycles. The average molecular weight is 459 g/mol. The fourth-order valence-corrected chi connectivity index (χ4v) is 6.47. The normalized spacial score (nSPS) is 23.0. The van der Waals surface area contributed by atoms with E-state index in [-0.39, 0.29) is 5.06 Å². The van der Waals surface area contributed by atoms with Crippen LogP contribution in [0.4, 0.5) is 5.69 Å². The number of ether oxygens (including phenoxy) is 1. The van der Waals surface area contributed by atoms with Crippen molar-refractivity contribution in [2.75, 3.05) is 64.6 Å². The molecule has 6 heteroatoms. The average Bonchev–Trinajstić information content (AvgIpc) is 3.29. The summed E-state index contributed by atoms with van der Waals surface area (Å²) >= 11 is 6.23. The van der Waals surface area contributed by atoms with Crippen LogP contribution in [0.5, 0.6) is 0 Å². The van der Waals surface area contributed by atoms with Crippen LogP contribution < -0.4 is 4.90 Å². The van der Waals surface area contributed by atoms with E-state index < -0.39 is 0 Å². The van der Waals surface area contributed by atoms with Crippen LogP contribution in [0.25, 0.3) is 6.08 Å². The Kier molecular flexibility index (Phi) is 7.11. The van der Waals surface area contributed by atoms with Gasteiger partial charge in [0.25, 0.3) is 0 Å². The Balaban J connectivity index is 1.34. The zero-order valence-electron chi connectivity index (χ0n) is 19.1. The van der Waals surface area contributed by atoms with Gasteiger partial charge in [0.05, 0.1) is 33.8 Å². The zero-order chi connectivity index (χ0) is 21.9. The van der Waals surface area contributed by atoms with Gasteiger partial charge in [-0.2, -0.15) is 12.6 Å². The summed E-state index contributed by atoms with van der Waals surface area (Å²) in [5.41, 5.74) is 3.95. The van der Waals surface area contributed by atoms with Crippen LogP contribution in [-0.2, 0) is 4.74 Å². The molecule has 4 nitrogen and oxygen atoms in total. The maximum Gasteiger partial charge on any atom is 0.214 e. The van der Waals surface area contributed by atoms with Crippen molar-refractivity contribution in [1.29, 1.82) is 0 Å². The highest BCUT2D eigenvalue weighted by Gasteiger charge is 2.48. The number of anilines is 1. The summed E-state index contributed by atoms with van der Waals surface area (Å²) in [5.74, 6) is 0.940. The van der Waals surface area contributed by atoms with Crippen molar-refractivity contribution in [2.24, 2.45) is 0 Å². The highest BCUT2D eigenvalue weighted by Crippen LogP contribution is 2.53. The first-order chi connectivity index (χ1) is 14.9. The van der Waals surface area contributed by atoms with E-state index in [2.05, 4.69) is 92.1 Å². The molecule has 0 N–H and O–H groups in total. The summed E-state index contributed by atoms with van der Waals surface area (Å²) < 4.78 is 7.28. The van der Waals surface area contributed by atoms with E-state index in [0.717, 1.165) is 49.3 Å². The number of benzene rings is 1. The van der Waals surface area contributed by atoms with Crippen LogP contribution in [0.1, 0.15) is 24.8 Å². The van der Waals surface area contributed by atoms with Crippen molar-refractivity contribution in [3.63, 3.8) is 0 Å². The topological polar surface area (TPSA) is 15.7 Å². The fraction of sp³-hybridized carbons (Fsp3) is 0.520. The van der Waals surface area contributed by atoms with E-state index in [0.29, 0.717) is 0 Å². The summed E-state index contributed by atoms with van der Waals surface area (Å²) in [5, 5.41) is -0.354. The molecule has 0 spiro atoms. The molecule has 4 rings (SSSR count). The molecule has 0 radical (unpaired) electrons. The largest absolute Gasteiger partial charge is 0.374 e. The van der Waals surface area contributed by atoms with Gasteiger partial charge < -0.3 is 19.0 Å². The fourth-order valence-electron chi connectivity index (χ4n) is 4.53. The minimum Gasteiger partial charge on any atom is -0.374 e. The molecule has 168 valence electrons. The van der Waals surface area contributed by atoms with E-state index in [9.17, 15) is 0 Å². The van der Waals surface area contributed by atoms with E-state index in [1.54, 1.807) is 0 Å². The van der Waals surface area contributed by atoms with E-state index in [4.69, 9.17) is 4.74 Å². The van der Waals surface area contributed by atoms with Crippen LogP contribution in [0.2, 0.25) is 0 Å². The lowest BCUT2D eigenvalue weighted by molar-refractivity contribution is -0.887. The van der Waals surface area contributed by atoms with Gasteiger partial charge in [-0.05, 0) is 36.6 Å². The summed E-state index contributed by atoms with van der Waals surface area (Å²) in [6.45, 7) is 5.14. The van der Waals surface area contributed by atoms with Crippen molar-refractivity contribution in [3.05, 3.63) is 58.7 Å². The zero-order valence-corrected chi connectivity index (χ0v) is 20.8. The Hall–Kier alpha value is -1.34. The molecule has 0 aromatic heterocycles. The molecule has 31 heavy (non-hydrogen) atoms. The Morgan fingerprint density at radius 1 is 1.26 bits per heavy atom. The molecule has 1 atom stereocenters. The van der Waals surface area contributed by atoms with E-state index in [1.807, 2.05) is 11.8 Å². The second kappa shape index (κ2) is 9.65. The molecule has 0 amide bonds. The van der Waals surface area contributed by atoms with E-state index >= 15 is 0 Å². The first kappa shape index (κ1) is 22.8. The van der Waals surface area contributed by atoms with Gasteiger partial charge in [-0.15, -0.1) is 0 Å². The van der Waals surface area contributed by atoms with Gasteiger partial charge in [0, 0.05) is 48.6 Å². The maximum absolute atomic E-state index is 6.24. The smallest absolute Gasteiger partial charge is 0.214 e. The Bertz CT molecular complexity index is 862. The number of thioether (sulfide) groups is 1. The number of hydrogen-bond donors (Lipinski definition) is 1. The predicted molar refractivity (Wildman–Crippen MR) is 137 cm³/mol. The molecular formula is C25H36N3OS2+. The second-order valence-electron chi connectivity index (χ2n) is 9.29. The first-order valence-electron chi connectivity index (χ1n) is 11.4. The number of rotatable bonds is 9. The molecule has 2 aliphatic heterocycles. The lowest BCUT2D eigenvalue weighted by atomic mass is 10.1. The van der Waals surface area contributed by atoms with Gasteiger partial charge in [-0.1, -0.05) is 42.1 Å². The third-order valence-electron chi connectivity index (χ3n) is 6.47. The standard InChI is InChI=1S/C25H35N3OS2/c1-26(15-6-17-28(2,3)18-20-30)22-11-9-21(10-12-22)13-14-25-27(16-19-29-25)23-7-4-5-8-24(23)31-25/h5,8-14H,4,6-7,15-20H2,1-3H3/p+1/b14-13+. The third-order valence-corrected chi connectivity index (χ3v) is 8.02. The molecule has 3 aliphatic rings.